The minimum absolute atomic E-state index is 0.0698. The summed E-state index contributed by atoms with van der Waals surface area (Å²) in [6, 6.07) is 11.1. The summed E-state index contributed by atoms with van der Waals surface area (Å²) in [5.74, 6) is -0.0916. The number of ketones is 1. The number of sulfonamides is 1. The molecule has 0 amide bonds. The molecule has 118 valence electrons. The summed E-state index contributed by atoms with van der Waals surface area (Å²) in [5.41, 5.74) is 1.45. The van der Waals surface area contributed by atoms with E-state index in [-0.39, 0.29) is 10.7 Å². The number of hydrogen-bond acceptors (Lipinski definition) is 3. The van der Waals surface area contributed by atoms with E-state index in [0.29, 0.717) is 27.2 Å². The number of carbonyl (C=O) groups excluding carboxylic acids is 1. The molecule has 0 aliphatic carbocycles. The molecule has 0 fully saturated rings. The van der Waals surface area contributed by atoms with E-state index in [1.54, 1.807) is 36.5 Å². The van der Waals surface area contributed by atoms with E-state index in [2.05, 4.69) is 9.71 Å². The summed E-state index contributed by atoms with van der Waals surface area (Å²) >= 11 is 5.85. The molecule has 0 saturated heterocycles. The first-order chi connectivity index (χ1) is 10.9. The van der Waals surface area contributed by atoms with Gasteiger partial charge in [0.1, 0.15) is 0 Å². The van der Waals surface area contributed by atoms with Crippen molar-refractivity contribution in [2.75, 3.05) is 4.72 Å². The number of halogens is 1. The standard InChI is InChI=1S/C16H13ClN2O3S/c1-10(20)14-9-18-16-13(14)6-3-7-15(16)19-23(21,22)12-5-2-4-11(17)8-12/h2-9,18-19H,1H3. The van der Waals surface area contributed by atoms with Crippen molar-refractivity contribution in [2.24, 2.45) is 0 Å². The second-order valence-corrected chi connectivity index (χ2v) is 7.17. The monoisotopic (exact) mass is 348 g/mol. The Morgan fingerprint density at radius 2 is 1.91 bits per heavy atom. The summed E-state index contributed by atoms with van der Waals surface area (Å²) in [6.07, 6.45) is 1.57. The van der Waals surface area contributed by atoms with Crippen molar-refractivity contribution in [1.29, 1.82) is 0 Å². The van der Waals surface area contributed by atoms with Crippen LogP contribution in [0.1, 0.15) is 17.3 Å². The average Bonchev–Trinajstić information content (AvgIpc) is 2.92. The summed E-state index contributed by atoms with van der Waals surface area (Å²) in [4.78, 5) is 14.6. The molecule has 2 aromatic carbocycles. The van der Waals surface area contributed by atoms with Gasteiger partial charge in [-0.1, -0.05) is 29.8 Å². The van der Waals surface area contributed by atoms with Crippen LogP contribution in [0.15, 0.2) is 53.6 Å². The number of hydrogen-bond donors (Lipinski definition) is 2. The summed E-state index contributed by atoms with van der Waals surface area (Å²) in [7, 11) is -3.78. The van der Waals surface area contributed by atoms with Crippen LogP contribution in [-0.2, 0) is 10.0 Å². The van der Waals surface area contributed by atoms with Crippen molar-refractivity contribution >= 4 is 44.0 Å². The highest BCUT2D eigenvalue weighted by Gasteiger charge is 2.17. The molecule has 7 heteroatoms. The van der Waals surface area contributed by atoms with Gasteiger partial charge in [0.2, 0.25) is 0 Å². The number of rotatable bonds is 4. The number of aromatic nitrogens is 1. The summed E-state index contributed by atoms with van der Waals surface area (Å²) in [5, 5.41) is 1.01. The van der Waals surface area contributed by atoms with Crippen LogP contribution >= 0.6 is 11.6 Å². The van der Waals surface area contributed by atoms with Crippen molar-refractivity contribution in [3.63, 3.8) is 0 Å². The number of anilines is 1. The molecule has 3 aromatic rings. The Kier molecular flexibility index (Phi) is 3.87. The molecule has 0 radical (unpaired) electrons. The molecular formula is C16H13ClN2O3S. The van der Waals surface area contributed by atoms with Gasteiger partial charge in [-0.15, -0.1) is 0 Å². The molecule has 0 spiro atoms. The Morgan fingerprint density at radius 1 is 1.17 bits per heavy atom. The van der Waals surface area contributed by atoms with Crippen molar-refractivity contribution in [3.05, 3.63) is 59.2 Å². The van der Waals surface area contributed by atoms with Gasteiger partial charge in [-0.05, 0) is 31.2 Å². The number of benzene rings is 2. The van der Waals surface area contributed by atoms with Crippen LogP contribution in [0.3, 0.4) is 0 Å². The van der Waals surface area contributed by atoms with Gasteiger partial charge in [-0.2, -0.15) is 0 Å². The highest BCUT2D eigenvalue weighted by atomic mass is 35.5. The van der Waals surface area contributed by atoms with E-state index in [0.717, 1.165) is 0 Å². The molecule has 0 atom stereocenters. The largest absolute Gasteiger partial charge is 0.359 e. The van der Waals surface area contributed by atoms with E-state index >= 15 is 0 Å². The van der Waals surface area contributed by atoms with E-state index < -0.39 is 10.0 Å². The lowest BCUT2D eigenvalue weighted by molar-refractivity contribution is 0.101. The normalized spacial score (nSPS) is 11.6. The van der Waals surface area contributed by atoms with E-state index in [9.17, 15) is 13.2 Å². The van der Waals surface area contributed by atoms with Crippen LogP contribution in [0.5, 0.6) is 0 Å². The first-order valence-corrected chi connectivity index (χ1v) is 8.64. The third-order valence-electron chi connectivity index (χ3n) is 3.45. The van der Waals surface area contributed by atoms with Crippen LogP contribution < -0.4 is 4.72 Å². The number of fused-ring (bicyclic) bond motifs is 1. The Labute approximate surface area is 138 Å². The lowest BCUT2D eigenvalue weighted by Crippen LogP contribution is -2.13. The number of para-hydroxylation sites is 1. The van der Waals surface area contributed by atoms with Crippen molar-refractivity contribution in [3.8, 4) is 0 Å². The molecule has 5 nitrogen and oxygen atoms in total. The topological polar surface area (TPSA) is 79.0 Å². The number of H-pyrrole nitrogens is 1. The zero-order valence-electron chi connectivity index (χ0n) is 12.1. The number of nitrogens with one attached hydrogen (secondary N) is 2. The van der Waals surface area contributed by atoms with Gasteiger partial charge in [0.15, 0.2) is 5.78 Å². The van der Waals surface area contributed by atoms with Gasteiger partial charge < -0.3 is 4.98 Å². The molecule has 0 unspecified atom stereocenters. The molecule has 2 N–H and O–H groups in total. The fourth-order valence-electron chi connectivity index (χ4n) is 2.37. The Hall–Kier alpha value is -2.31. The Morgan fingerprint density at radius 3 is 2.61 bits per heavy atom. The zero-order chi connectivity index (χ0) is 16.6. The lowest BCUT2D eigenvalue weighted by Gasteiger charge is -2.09. The first-order valence-electron chi connectivity index (χ1n) is 6.78. The van der Waals surface area contributed by atoms with Crippen LogP contribution in [0.2, 0.25) is 5.02 Å². The SMILES string of the molecule is CC(=O)c1c[nH]c2c(NS(=O)(=O)c3cccc(Cl)c3)cccc12. The quantitative estimate of drug-likeness (QED) is 0.703. The lowest BCUT2D eigenvalue weighted by atomic mass is 10.1. The third kappa shape index (κ3) is 2.95. The van der Waals surface area contributed by atoms with Gasteiger partial charge in [0.25, 0.3) is 10.0 Å². The van der Waals surface area contributed by atoms with Gasteiger partial charge in [-0.25, -0.2) is 8.42 Å². The predicted octanol–water partition coefficient (Wildman–Crippen LogP) is 3.82. The van der Waals surface area contributed by atoms with Crippen molar-refractivity contribution in [1.82, 2.24) is 4.98 Å². The van der Waals surface area contributed by atoms with E-state index in [4.69, 9.17) is 11.6 Å². The smallest absolute Gasteiger partial charge is 0.262 e. The fraction of sp³-hybridized carbons (Fsp3) is 0.0625. The number of Topliss-reactive ketones (excluding diaryl/α,β-unsaturated/α-hetero) is 1. The maximum absolute atomic E-state index is 12.5. The zero-order valence-corrected chi connectivity index (χ0v) is 13.7. The maximum Gasteiger partial charge on any atom is 0.262 e. The molecule has 0 bridgehead atoms. The Bertz CT molecular complexity index is 1010. The second-order valence-electron chi connectivity index (χ2n) is 5.05. The van der Waals surface area contributed by atoms with Gasteiger partial charge in [0, 0.05) is 22.2 Å². The minimum Gasteiger partial charge on any atom is -0.359 e. The van der Waals surface area contributed by atoms with Gasteiger partial charge in [-0.3, -0.25) is 9.52 Å². The second kappa shape index (κ2) is 5.72. The van der Waals surface area contributed by atoms with Crippen molar-refractivity contribution in [2.45, 2.75) is 11.8 Å². The summed E-state index contributed by atoms with van der Waals surface area (Å²) in [6.45, 7) is 1.46. The molecule has 1 aromatic heterocycles. The van der Waals surface area contributed by atoms with Gasteiger partial charge in [0.05, 0.1) is 16.1 Å². The highest BCUT2D eigenvalue weighted by molar-refractivity contribution is 7.92. The fourth-order valence-corrected chi connectivity index (χ4v) is 3.74. The van der Waals surface area contributed by atoms with Crippen LogP contribution in [0, 0.1) is 0 Å². The molecule has 0 aliphatic rings. The first kappa shape index (κ1) is 15.6. The van der Waals surface area contributed by atoms with E-state index in [1.165, 1.54) is 19.1 Å². The molecule has 0 aliphatic heterocycles. The van der Waals surface area contributed by atoms with E-state index in [1.807, 2.05) is 0 Å². The Balaban J connectivity index is 2.06. The van der Waals surface area contributed by atoms with Gasteiger partial charge >= 0.3 is 0 Å². The predicted molar refractivity (Wildman–Crippen MR) is 90.6 cm³/mol. The van der Waals surface area contributed by atoms with Crippen LogP contribution in [0.4, 0.5) is 5.69 Å². The molecule has 0 saturated carbocycles. The van der Waals surface area contributed by atoms with Crippen molar-refractivity contribution < 1.29 is 13.2 Å². The van der Waals surface area contributed by atoms with Crippen LogP contribution in [-0.4, -0.2) is 19.2 Å². The molecular weight excluding hydrogens is 336 g/mol. The highest BCUT2D eigenvalue weighted by Crippen LogP contribution is 2.28. The average molecular weight is 349 g/mol. The van der Waals surface area contributed by atoms with Crippen LogP contribution in [0.25, 0.3) is 10.9 Å². The minimum atomic E-state index is -3.78. The third-order valence-corrected chi connectivity index (χ3v) is 5.04. The maximum atomic E-state index is 12.5. The number of carbonyl (C=O) groups is 1. The molecule has 3 rings (SSSR count). The molecule has 1 heterocycles. The number of aromatic amines is 1. The summed E-state index contributed by atoms with van der Waals surface area (Å²) < 4.78 is 27.5. The molecule has 23 heavy (non-hydrogen) atoms.